The zero-order chi connectivity index (χ0) is 23.9. The van der Waals surface area contributed by atoms with Crippen LogP contribution >= 0.6 is 0 Å². The number of guanidine groups is 1. The predicted octanol–water partition coefficient (Wildman–Crippen LogP) is 3.70. The summed E-state index contributed by atoms with van der Waals surface area (Å²) in [6.45, 7) is 4.23. The monoisotopic (exact) mass is 459 g/mol. The van der Waals surface area contributed by atoms with Crippen molar-refractivity contribution in [2.24, 2.45) is 4.99 Å². The van der Waals surface area contributed by atoms with Crippen LogP contribution in [0, 0.1) is 0 Å². The second-order valence-corrected chi connectivity index (χ2v) is 6.11. The summed E-state index contributed by atoms with van der Waals surface area (Å²) in [4.78, 5) is 17.4. The lowest BCUT2D eigenvalue weighted by molar-refractivity contribution is -0.376. The van der Waals surface area contributed by atoms with Crippen molar-refractivity contribution in [3.05, 3.63) is 29.8 Å². The number of halogens is 6. The van der Waals surface area contributed by atoms with Gasteiger partial charge in [-0.3, -0.25) is 5.32 Å². The van der Waals surface area contributed by atoms with Crippen molar-refractivity contribution >= 4 is 17.7 Å². The molecule has 0 heterocycles. The van der Waals surface area contributed by atoms with E-state index in [1.807, 2.05) is 0 Å². The highest BCUT2D eigenvalue weighted by molar-refractivity contribution is 5.95. The number of amides is 1. The van der Waals surface area contributed by atoms with E-state index < -0.39 is 29.6 Å². The van der Waals surface area contributed by atoms with Crippen molar-refractivity contribution in [1.29, 1.82) is 0 Å². The van der Waals surface area contributed by atoms with E-state index in [1.165, 1.54) is 7.11 Å². The fraction of sp³-hybridized carbons (Fsp3) is 0.556. The number of aliphatic imine (C=N–C) groups is 1. The summed E-state index contributed by atoms with van der Waals surface area (Å²) >= 11 is 0. The van der Waals surface area contributed by atoms with Crippen LogP contribution in [-0.4, -0.2) is 67.8 Å². The van der Waals surface area contributed by atoms with E-state index >= 15 is 0 Å². The first-order chi connectivity index (χ1) is 14.3. The molecular formula is C18H23F6N3O4. The van der Waals surface area contributed by atoms with Crippen LogP contribution < -0.4 is 5.32 Å². The highest BCUT2D eigenvalue weighted by atomic mass is 19.4. The number of likely N-dealkylation sites (N-methyl/N-ethyl adjacent to an activating group) is 1. The Labute approximate surface area is 174 Å². The first-order valence-electron chi connectivity index (χ1n) is 9.04. The summed E-state index contributed by atoms with van der Waals surface area (Å²) in [6.07, 6.45) is -12.8. The van der Waals surface area contributed by atoms with E-state index in [2.05, 4.69) is 10.3 Å². The summed E-state index contributed by atoms with van der Waals surface area (Å²) in [7, 11) is 1.45. The number of hydrogen-bond donors (Lipinski definition) is 2. The first-order valence-corrected chi connectivity index (χ1v) is 9.04. The van der Waals surface area contributed by atoms with E-state index in [-0.39, 0.29) is 31.4 Å². The molecule has 0 spiro atoms. The van der Waals surface area contributed by atoms with E-state index in [0.717, 1.165) is 12.1 Å². The fourth-order valence-corrected chi connectivity index (χ4v) is 2.44. The van der Waals surface area contributed by atoms with Crippen LogP contribution in [0.2, 0.25) is 0 Å². The van der Waals surface area contributed by atoms with Crippen molar-refractivity contribution in [3.8, 4) is 0 Å². The third kappa shape index (κ3) is 6.47. The largest absolute Gasteiger partial charge is 0.450 e. The summed E-state index contributed by atoms with van der Waals surface area (Å²) in [5, 5.41) is 11.8. The van der Waals surface area contributed by atoms with E-state index in [0.29, 0.717) is 18.7 Å². The number of aliphatic hydroxyl groups is 1. The van der Waals surface area contributed by atoms with E-state index in [4.69, 9.17) is 9.47 Å². The third-order valence-electron chi connectivity index (χ3n) is 4.08. The number of methoxy groups -OCH3 is 1. The minimum atomic E-state index is -5.99. The number of nitrogens with one attached hydrogen (secondary N) is 1. The van der Waals surface area contributed by atoms with Gasteiger partial charge in [-0.25, -0.2) is 9.79 Å². The van der Waals surface area contributed by atoms with Gasteiger partial charge in [0, 0.05) is 25.8 Å². The molecule has 0 aromatic heterocycles. The Bertz CT molecular complexity index is 736. The molecule has 0 radical (unpaired) electrons. The minimum absolute atomic E-state index is 0.0485. The third-order valence-corrected chi connectivity index (χ3v) is 4.08. The van der Waals surface area contributed by atoms with Crippen LogP contribution in [0.3, 0.4) is 0 Å². The second kappa shape index (κ2) is 10.7. The van der Waals surface area contributed by atoms with Gasteiger partial charge in [-0.1, -0.05) is 12.1 Å². The molecule has 0 unspecified atom stereocenters. The maximum Gasteiger partial charge on any atom is 0.430 e. The van der Waals surface area contributed by atoms with Crippen molar-refractivity contribution < 1.29 is 45.7 Å². The van der Waals surface area contributed by atoms with Gasteiger partial charge in [0.05, 0.1) is 18.9 Å². The molecule has 0 saturated heterocycles. The Morgan fingerprint density at radius 2 is 1.65 bits per heavy atom. The average molecular weight is 459 g/mol. The van der Waals surface area contributed by atoms with E-state index in [1.54, 1.807) is 18.7 Å². The maximum absolute atomic E-state index is 13.0. The number of carbonyl (C=O) groups is 1. The van der Waals surface area contributed by atoms with Gasteiger partial charge < -0.3 is 19.5 Å². The molecule has 31 heavy (non-hydrogen) atoms. The number of hydrogen-bond acceptors (Lipinski definition) is 5. The Kier molecular flexibility index (Phi) is 9.11. The van der Waals surface area contributed by atoms with Crippen molar-refractivity contribution in [2.75, 3.05) is 33.4 Å². The molecule has 0 atom stereocenters. The van der Waals surface area contributed by atoms with Crippen molar-refractivity contribution in [2.45, 2.75) is 31.8 Å². The average Bonchev–Trinajstić information content (AvgIpc) is 2.66. The lowest BCUT2D eigenvalue weighted by Crippen LogP contribution is -2.53. The summed E-state index contributed by atoms with van der Waals surface area (Å²) < 4.78 is 87.8. The topological polar surface area (TPSA) is 83.4 Å². The van der Waals surface area contributed by atoms with Crippen LogP contribution in [0.1, 0.15) is 19.4 Å². The van der Waals surface area contributed by atoms with Crippen LogP contribution in [0.25, 0.3) is 0 Å². The molecule has 1 aromatic carbocycles. The normalized spacial score (nSPS) is 13.2. The Morgan fingerprint density at radius 3 is 2.06 bits per heavy atom. The minimum Gasteiger partial charge on any atom is -0.450 e. The lowest BCUT2D eigenvalue weighted by atomic mass is 9.92. The number of alkyl carbamates (subject to hydrolysis) is 1. The van der Waals surface area contributed by atoms with Crippen LogP contribution in [0.15, 0.2) is 29.3 Å². The van der Waals surface area contributed by atoms with Gasteiger partial charge >= 0.3 is 18.4 Å². The van der Waals surface area contributed by atoms with Crippen molar-refractivity contribution in [1.82, 2.24) is 10.2 Å². The van der Waals surface area contributed by atoms with Gasteiger partial charge in [0.1, 0.15) is 0 Å². The summed E-state index contributed by atoms with van der Waals surface area (Å²) in [6, 6.07) is 2.64. The Morgan fingerprint density at radius 1 is 1.10 bits per heavy atom. The van der Waals surface area contributed by atoms with Gasteiger partial charge in [0.25, 0.3) is 5.60 Å². The van der Waals surface area contributed by atoms with Gasteiger partial charge in [0.2, 0.25) is 5.96 Å². The molecule has 7 nitrogen and oxygen atoms in total. The molecule has 2 N–H and O–H groups in total. The molecule has 0 bridgehead atoms. The molecule has 1 rings (SSSR count). The number of nitrogens with zero attached hydrogens (tertiary/aromatic N) is 2. The van der Waals surface area contributed by atoms with Gasteiger partial charge in [-0.05, 0) is 26.0 Å². The lowest BCUT2D eigenvalue weighted by Gasteiger charge is -2.32. The highest BCUT2D eigenvalue weighted by Gasteiger charge is 2.71. The SMILES string of the molecule is CCOC(=O)NC(=Nc1ccc(C(O)(C(F)(F)F)C(F)(F)F)cc1)N(CC)CCOC. The molecular weight excluding hydrogens is 436 g/mol. The number of ether oxygens (including phenoxy) is 2. The number of rotatable bonds is 7. The summed E-state index contributed by atoms with van der Waals surface area (Å²) in [5.41, 5.74) is -6.53. The molecule has 13 heteroatoms. The molecule has 0 aliphatic heterocycles. The predicted molar refractivity (Wildman–Crippen MR) is 98.8 cm³/mol. The van der Waals surface area contributed by atoms with Crippen LogP contribution in [0.5, 0.6) is 0 Å². The first kappa shape index (κ1) is 26.5. The molecule has 0 aliphatic carbocycles. The molecule has 0 aliphatic rings. The van der Waals surface area contributed by atoms with Crippen molar-refractivity contribution in [3.63, 3.8) is 0 Å². The maximum atomic E-state index is 13.0. The molecule has 1 amide bonds. The van der Waals surface area contributed by atoms with Gasteiger partial charge in [-0.2, -0.15) is 26.3 Å². The molecule has 176 valence electrons. The van der Waals surface area contributed by atoms with Crippen LogP contribution in [0.4, 0.5) is 36.8 Å². The smallest absolute Gasteiger partial charge is 0.430 e. The molecule has 0 saturated carbocycles. The zero-order valence-electron chi connectivity index (χ0n) is 17.0. The molecule has 0 fully saturated rings. The van der Waals surface area contributed by atoms with Crippen LogP contribution in [-0.2, 0) is 15.1 Å². The van der Waals surface area contributed by atoms with E-state index in [9.17, 15) is 36.2 Å². The number of alkyl halides is 6. The Hall–Kier alpha value is -2.54. The van der Waals surface area contributed by atoms with Gasteiger partial charge in [0.15, 0.2) is 0 Å². The highest BCUT2D eigenvalue weighted by Crippen LogP contribution is 2.50. The standard InChI is InChI=1S/C18H23F6N3O4/c1-4-27(10-11-30-3)14(26-15(28)31-5-2)25-13-8-6-12(7-9-13)16(29,17(19,20)21)18(22,23)24/h6-9,29H,4-5,10-11H2,1-3H3,(H,25,26,28). The van der Waals surface area contributed by atoms with Gasteiger partial charge in [-0.15, -0.1) is 0 Å². The Balaban J connectivity index is 3.34. The quantitative estimate of drug-likeness (QED) is 0.369. The molecule has 1 aromatic rings. The number of carbonyl (C=O) groups excluding carboxylic acids is 1. The fourth-order valence-electron chi connectivity index (χ4n) is 2.44. The second-order valence-electron chi connectivity index (χ2n) is 6.11. The number of benzene rings is 1. The summed E-state index contributed by atoms with van der Waals surface area (Å²) in [5.74, 6) is -0.0485. The zero-order valence-corrected chi connectivity index (χ0v) is 17.0.